The summed E-state index contributed by atoms with van der Waals surface area (Å²) in [6.07, 6.45) is 3.93. The predicted molar refractivity (Wildman–Crippen MR) is 71.0 cm³/mol. The van der Waals surface area contributed by atoms with Gasteiger partial charge in [-0.3, -0.25) is 4.79 Å². The van der Waals surface area contributed by atoms with Crippen LogP contribution in [-0.2, 0) is 11.3 Å². The molecular formula is C12H17N3O3S. The average Bonchev–Trinajstić information content (AvgIpc) is 2.95. The van der Waals surface area contributed by atoms with Crippen molar-refractivity contribution in [3.05, 3.63) is 16.1 Å². The number of aliphatic carboxylic acids is 1. The van der Waals surface area contributed by atoms with Crippen LogP contribution in [0.15, 0.2) is 6.20 Å². The van der Waals surface area contributed by atoms with Crippen molar-refractivity contribution in [2.75, 3.05) is 0 Å². The second-order valence-electron chi connectivity index (χ2n) is 4.65. The summed E-state index contributed by atoms with van der Waals surface area (Å²) in [4.78, 5) is 27.8. The molecule has 1 fully saturated rings. The first-order valence-electron chi connectivity index (χ1n) is 6.24. The molecule has 0 saturated heterocycles. The van der Waals surface area contributed by atoms with Crippen molar-refractivity contribution in [3.63, 3.8) is 0 Å². The van der Waals surface area contributed by atoms with E-state index in [0.29, 0.717) is 13.0 Å². The van der Waals surface area contributed by atoms with Crippen molar-refractivity contribution in [2.45, 2.75) is 38.8 Å². The summed E-state index contributed by atoms with van der Waals surface area (Å²) in [7, 11) is 0. The van der Waals surface area contributed by atoms with Crippen LogP contribution in [0, 0.1) is 12.8 Å². The Morgan fingerprint density at radius 1 is 1.53 bits per heavy atom. The molecule has 2 unspecified atom stereocenters. The summed E-state index contributed by atoms with van der Waals surface area (Å²) in [5.74, 6) is -1.29. The van der Waals surface area contributed by atoms with Crippen LogP contribution in [0.25, 0.3) is 0 Å². The van der Waals surface area contributed by atoms with E-state index in [4.69, 9.17) is 5.11 Å². The molecule has 1 heterocycles. The van der Waals surface area contributed by atoms with Crippen LogP contribution in [-0.4, -0.2) is 28.1 Å². The van der Waals surface area contributed by atoms with Gasteiger partial charge in [-0.15, -0.1) is 11.3 Å². The highest BCUT2D eigenvalue weighted by atomic mass is 32.1. The molecule has 1 aromatic heterocycles. The number of rotatable bonds is 4. The molecule has 1 aliphatic rings. The zero-order valence-electron chi connectivity index (χ0n) is 10.7. The number of carbonyl (C=O) groups excluding carboxylic acids is 1. The second kappa shape index (κ2) is 6.01. The molecule has 104 valence electrons. The third-order valence-electron chi connectivity index (χ3n) is 3.24. The standard InChI is InChI=1S/C12H17N3O3S/c1-7-13-5-8(19-7)6-14-12(18)15-10-4-2-3-9(10)11(16)17/h5,9-10H,2-4,6H2,1H3,(H,16,17)(H2,14,15,18). The number of aromatic nitrogens is 1. The fraction of sp³-hybridized carbons (Fsp3) is 0.583. The number of aryl methyl sites for hydroxylation is 1. The topological polar surface area (TPSA) is 91.3 Å². The van der Waals surface area contributed by atoms with Crippen molar-refractivity contribution in [2.24, 2.45) is 5.92 Å². The normalized spacial score (nSPS) is 22.2. The van der Waals surface area contributed by atoms with Crippen LogP contribution in [0.4, 0.5) is 4.79 Å². The van der Waals surface area contributed by atoms with Crippen LogP contribution in [0.1, 0.15) is 29.1 Å². The molecule has 6 nitrogen and oxygen atoms in total. The summed E-state index contributed by atoms with van der Waals surface area (Å²) in [5, 5.41) is 15.5. The first kappa shape index (κ1) is 13.8. The Bertz CT molecular complexity index is 475. The lowest BCUT2D eigenvalue weighted by molar-refractivity contribution is -0.142. The van der Waals surface area contributed by atoms with Crippen molar-refractivity contribution >= 4 is 23.3 Å². The number of urea groups is 1. The first-order valence-corrected chi connectivity index (χ1v) is 7.06. The lowest BCUT2D eigenvalue weighted by Crippen LogP contribution is -2.45. The Labute approximate surface area is 115 Å². The smallest absolute Gasteiger partial charge is 0.315 e. The number of hydrogen-bond donors (Lipinski definition) is 3. The molecule has 3 N–H and O–H groups in total. The van der Waals surface area contributed by atoms with E-state index in [1.54, 1.807) is 6.20 Å². The Balaban J connectivity index is 1.79. The van der Waals surface area contributed by atoms with Gasteiger partial charge in [0.05, 0.1) is 17.5 Å². The highest BCUT2D eigenvalue weighted by molar-refractivity contribution is 7.11. The number of amides is 2. The summed E-state index contributed by atoms with van der Waals surface area (Å²) in [6.45, 7) is 2.33. The molecule has 1 saturated carbocycles. The highest BCUT2D eigenvalue weighted by Crippen LogP contribution is 2.25. The van der Waals surface area contributed by atoms with E-state index < -0.39 is 11.9 Å². The van der Waals surface area contributed by atoms with Crippen LogP contribution in [0.5, 0.6) is 0 Å². The monoisotopic (exact) mass is 283 g/mol. The fourth-order valence-corrected chi connectivity index (χ4v) is 3.04. The zero-order chi connectivity index (χ0) is 13.8. The Morgan fingerprint density at radius 3 is 2.95 bits per heavy atom. The van der Waals surface area contributed by atoms with Gasteiger partial charge in [-0.25, -0.2) is 9.78 Å². The molecule has 7 heteroatoms. The van der Waals surface area contributed by atoms with Gasteiger partial charge in [-0.1, -0.05) is 6.42 Å². The van der Waals surface area contributed by atoms with Gasteiger partial charge in [0, 0.05) is 17.1 Å². The van der Waals surface area contributed by atoms with Gasteiger partial charge in [0.1, 0.15) is 0 Å². The van der Waals surface area contributed by atoms with Crippen LogP contribution >= 0.6 is 11.3 Å². The minimum atomic E-state index is -0.833. The summed E-state index contributed by atoms with van der Waals surface area (Å²) in [5.41, 5.74) is 0. The van der Waals surface area contributed by atoms with E-state index in [1.165, 1.54) is 11.3 Å². The van der Waals surface area contributed by atoms with Crippen molar-refractivity contribution < 1.29 is 14.7 Å². The zero-order valence-corrected chi connectivity index (χ0v) is 11.5. The Kier molecular flexibility index (Phi) is 4.36. The SMILES string of the molecule is Cc1ncc(CNC(=O)NC2CCCC2C(=O)O)s1. The predicted octanol–water partition coefficient (Wildman–Crippen LogP) is 1.50. The van der Waals surface area contributed by atoms with Crippen molar-refractivity contribution in [3.8, 4) is 0 Å². The minimum absolute atomic E-state index is 0.263. The van der Waals surface area contributed by atoms with Crippen molar-refractivity contribution in [1.82, 2.24) is 15.6 Å². The maximum atomic E-state index is 11.7. The van der Waals surface area contributed by atoms with Crippen LogP contribution in [0.2, 0.25) is 0 Å². The highest BCUT2D eigenvalue weighted by Gasteiger charge is 2.33. The molecule has 0 aromatic carbocycles. The maximum Gasteiger partial charge on any atom is 0.315 e. The van der Waals surface area contributed by atoms with Gasteiger partial charge < -0.3 is 15.7 Å². The van der Waals surface area contributed by atoms with Gasteiger partial charge in [-0.2, -0.15) is 0 Å². The van der Waals surface area contributed by atoms with Gasteiger partial charge in [0.2, 0.25) is 0 Å². The molecule has 0 spiro atoms. The lowest BCUT2D eigenvalue weighted by atomic mass is 10.0. The molecule has 0 bridgehead atoms. The number of carbonyl (C=O) groups is 2. The van der Waals surface area contributed by atoms with E-state index in [0.717, 1.165) is 22.7 Å². The molecule has 19 heavy (non-hydrogen) atoms. The van der Waals surface area contributed by atoms with Gasteiger partial charge in [0.25, 0.3) is 0 Å². The number of carboxylic acids is 1. The quantitative estimate of drug-likeness (QED) is 0.781. The number of nitrogens with one attached hydrogen (secondary N) is 2. The summed E-state index contributed by atoms with van der Waals surface area (Å²) < 4.78 is 0. The van der Waals surface area contributed by atoms with Gasteiger partial charge >= 0.3 is 12.0 Å². The number of thiazole rings is 1. The third-order valence-corrected chi connectivity index (χ3v) is 4.15. The number of carboxylic acid groups (broad SMARTS) is 1. The molecule has 0 radical (unpaired) electrons. The first-order chi connectivity index (χ1) is 9.06. The van der Waals surface area contributed by atoms with Gasteiger partial charge in [-0.05, 0) is 19.8 Å². The average molecular weight is 283 g/mol. The van der Waals surface area contributed by atoms with E-state index in [1.807, 2.05) is 6.92 Å². The van der Waals surface area contributed by atoms with Gasteiger partial charge in [0.15, 0.2) is 0 Å². The molecule has 2 atom stereocenters. The molecule has 1 aromatic rings. The lowest BCUT2D eigenvalue weighted by Gasteiger charge is -2.17. The van der Waals surface area contributed by atoms with Crippen LogP contribution in [0.3, 0.4) is 0 Å². The molecular weight excluding hydrogens is 266 g/mol. The second-order valence-corrected chi connectivity index (χ2v) is 5.97. The molecule has 2 rings (SSSR count). The third kappa shape index (κ3) is 3.66. The molecule has 0 aliphatic heterocycles. The maximum absolute atomic E-state index is 11.7. The van der Waals surface area contributed by atoms with Crippen molar-refractivity contribution in [1.29, 1.82) is 0 Å². The summed E-state index contributed by atoms with van der Waals surface area (Å²) >= 11 is 1.53. The van der Waals surface area contributed by atoms with E-state index in [-0.39, 0.29) is 12.1 Å². The minimum Gasteiger partial charge on any atom is -0.481 e. The Morgan fingerprint density at radius 2 is 2.32 bits per heavy atom. The van der Waals surface area contributed by atoms with E-state index in [2.05, 4.69) is 15.6 Å². The summed E-state index contributed by atoms with van der Waals surface area (Å²) in [6, 6.07) is -0.579. The molecule has 1 aliphatic carbocycles. The number of nitrogens with zero attached hydrogens (tertiary/aromatic N) is 1. The Hall–Kier alpha value is -1.63. The molecule has 2 amide bonds. The van der Waals surface area contributed by atoms with E-state index >= 15 is 0 Å². The van der Waals surface area contributed by atoms with E-state index in [9.17, 15) is 9.59 Å². The number of hydrogen-bond acceptors (Lipinski definition) is 4. The van der Waals surface area contributed by atoms with Crippen LogP contribution < -0.4 is 10.6 Å². The largest absolute Gasteiger partial charge is 0.481 e. The fourth-order valence-electron chi connectivity index (χ4n) is 2.30.